The van der Waals surface area contributed by atoms with Gasteiger partial charge < -0.3 is 10.4 Å². The summed E-state index contributed by atoms with van der Waals surface area (Å²) in [5, 5.41) is 15.2. The van der Waals surface area contributed by atoms with E-state index in [0.717, 1.165) is 0 Å². The van der Waals surface area contributed by atoms with Crippen molar-refractivity contribution >= 4 is 5.91 Å². The Morgan fingerprint density at radius 3 is 3.00 bits per heavy atom. The highest BCUT2D eigenvalue weighted by Crippen LogP contribution is 1.96. The lowest BCUT2D eigenvalue weighted by molar-refractivity contribution is 0.0922. The molecule has 1 rings (SSSR count). The smallest absolute Gasteiger partial charge is 0.254 e. The minimum atomic E-state index is -0.229. The molecule has 0 fully saturated rings. The Kier molecular flexibility index (Phi) is 3.02. The molecule has 0 spiro atoms. The van der Waals surface area contributed by atoms with Crippen molar-refractivity contribution in [3.63, 3.8) is 0 Å². The maximum atomic E-state index is 11.4. The van der Waals surface area contributed by atoms with Gasteiger partial charge in [-0.2, -0.15) is 5.10 Å². The number of amides is 1. The van der Waals surface area contributed by atoms with Gasteiger partial charge in [0, 0.05) is 19.3 Å². The van der Waals surface area contributed by atoms with E-state index in [9.17, 15) is 4.79 Å². The van der Waals surface area contributed by atoms with E-state index in [2.05, 4.69) is 10.4 Å². The summed E-state index contributed by atoms with van der Waals surface area (Å²) in [4.78, 5) is 11.4. The molecule has 1 heterocycles. The zero-order chi connectivity index (χ0) is 9.84. The van der Waals surface area contributed by atoms with Crippen molar-refractivity contribution in [2.45, 2.75) is 13.0 Å². The second kappa shape index (κ2) is 4.04. The number of aliphatic hydroxyl groups excluding tert-OH is 1. The third-order valence-electron chi connectivity index (χ3n) is 1.62. The standard InChI is InChI=1S/C8H13N3O2/c1-6(5-12)10-8(13)7-3-9-11(2)4-7/h3-4,6,12H,5H2,1-2H3,(H,10,13)/t6-/m0/s1. The number of carbonyl (C=O) groups excluding carboxylic acids is 1. The van der Waals surface area contributed by atoms with Gasteiger partial charge in [0.15, 0.2) is 0 Å². The van der Waals surface area contributed by atoms with Gasteiger partial charge in [0.25, 0.3) is 5.91 Å². The summed E-state index contributed by atoms with van der Waals surface area (Å²) < 4.78 is 1.55. The molecule has 13 heavy (non-hydrogen) atoms. The van der Waals surface area contributed by atoms with Crippen LogP contribution < -0.4 is 5.32 Å². The fraction of sp³-hybridized carbons (Fsp3) is 0.500. The maximum Gasteiger partial charge on any atom is 0.254 e. The van der Waals surface area contributed by atoms with Crippen molar-refractivity contribution in [1.29, 1.82) is 0 Å². The number of nitrogens with zero attached hydrogens (tertiary/aromatic N) is 2. The van der Waals surface area contributed by atoms with Crippen LogP contribution in [-0.4, -0.2) is 33.4 Å². The lowest BCUT2D eigenvalue weighted by Gasteiger charge is -2.08. The summed E-state index contributed by atoms with van der Waals surface area (Å²) in [5.41, 5.74) is 0.503. The van der Waals surface area contributed by atoms with Crippen molar-refractivity contribution in [2.24, 2.45) is 7.05 Å². The van der Waals surface area contributed by atoms with Gasteiger partial charge in [-0.25, -0.2) is 0 Å². The van der Waals surface area contributed by atoms with E-state index >= 15 is 0 Å². The first kappa shape index (κ1) is 9.73. The summed E-state index contributed by atoms with van der Waals surface area (Å²) in [5.74, 6) is -0.213. The molecule has 0 aliphatic rings. The number of carbonyl (C=O) groups is 1. The molecule has 0 saturated carbocycles. The van der Waals surface area contributed by atoms with Gasteiger partial charge in [-0.15, -0.1) is 0 Å². The van der Waals surface area contributed by atoms with Gasteiger partial charge in [0.1, 0.15) is 0 Å². The average molecular weight is 183 g/mol. The fourth-order valence-corrected chi connectivity index (χ4v) is 0.891. The van der Waals surface area contributed by atoms with Crippen LogP contribution in [0.2, 0.25) is 0 Å². The van der Waals surface area contributed by atoms with Crippen LogP contribution in [0.15, 0.2) is 12.4 Å². The molecule has 0 bridgehead atoms. The number of aliphatic hydroxyl groups is 1. The second-order valence-corrected chi connectivity index (χ2v) is 2.96. The van der Waals surface area contributed by atoms with Gasteiger partial charge >= 0.3 is 0 Å². The number of aryl methyl sites for hydroxylation is 1. The van der Waals surface area contributed by atoms with Crippen LogP contribution in [0.25, 0.3) is 0 Å². The van der Waals surface area contributed by atoms with Crippen LogP contribution in [0.4, 0.5) is 0 Å². The van der Waals surface area contributed by atoms with E-state index in [1.54, 1.807) is 24.9 Å². The number of hydrogen-bond acceptors (Lipinski definition) is 3. The molecule has 1 aromatic rings. The van der Waals surface area contributed by atoms with Crippen LogP contribution in [0.1, 0.15) is 17.3 Å². The number of hydrogen-bond donors (Lipinski definition) is 2. The SMILES string of the molecule is C[C@@H](CO)NC(=O)c1cnn(C)c1. The maximum absolute atomic E-state index is 11.4. The molecule has 72 valence electrons. The third-order valence-corrected chi connectivity index (χ3v) is 1.62. The number of rotatable bonds is 3. The van der Waals surface area contributed by atoms with Crippen LogP contribution in [0, 0.1) is 0 Å². The summed E-state index contributed by atoms with van der Waals surface area (Å²) in [6.07, 6.45) is 3.11. The molecule has 0 unspecified atom stereocenters. The Hall–Kier alpha value is -1.36. The Morgan fingerprint density at radius 1 is 1.85 bits per heavy atom. The van der Waals surface area contributed by atoms with Gasteiger partial charge in [-0.05, 0) is 6.92 Å². The molecule has 0 aliphatic heterocycles. The first-order valence-electron chi connectivity index (χ1n) is 4.04. The molecule has 5 heteroatoms. The van der Waals surface area contributed by atoms with E-state index in [1.807, 2.05) is 0 Å². The molecule has 0 aromatic carbocycles. The molecular weight excluding hydrogens is 170 g/mol. The van der Waals surface area contributed by atoms with Gasteiger partial charge in [0.05, 0.1) is 18.4 Å². The zero-order valence-electron chi connectivity index (χ0n) is 7.69. The van der Waals surface area contributed by atoms with Gasteiger partial charge in [0.2, 0.25) is 0 Å². The fourth-order valence-electron chi connectivity index (χ4n) is 0.891. The van der Waals surface area contributed by atoms with Crippen molar-refractivity contribution in [3.8, 4) is 0 Å². The Labute approximate surface area is 76.4 Å². The predicted molar refractivity (Wildman–Crippen MR) is 47.2 cm³/mol. The first-order valence-corrected chi connectivity index (χ1v) is 4.04. The molecule has 5 nitrogen and oxygen atoms in total. The normalized spacial score (nSPS) is 12.5. The topological polar surface area (TPSA) is 67.2 Å². The summed E-state index contributed by atoms with van der Waals surface area (Å²) in [6, 6.07) is -0.229. The van der Waals surface area contributed by atoms with Gasteiger partial charge in [-0.3, -0.25) is 9.48 Å². The molecule has 1 atom stereocenters. The van der Waals surface area contributed by atoms with Crippen molar-refractivity contribution in [2.75, 3.05) is 6.61 Å². The molecule has 0 radical (unpaired) electrons. The summed E-state index contributed by atoms with van der Waals surface area (Å²) >= 11 is 0. The highest BCUT2D eigenvalue weighted by Gasteiger charge is 2.09. The molecule has 0 aliphatic carbocycles. The van der Waals surface area contributed by atoms with E-state index in [0.29, 0.717) is 5.56 Å². The lowest BCUT2D eigenvalue weighted by atomic mass is 10.3. The molecule has 0 saturated heterocycles. The third kappa shape index (κ3) is 2.55. The zero-order valence-corrected chi connectivity index (χ0v) is 7.69. The minimum Gasteiger partial charge on any atom is -0.394 e. The largest absolute Gasteiger partial charge is 0.394 e. The number of nitrogens with one attached hydrogen (secondary N) is 1. The second-order valence-electron chi connectivity index (χ2n) is 2.96. The van der Waals surface area contributed by atoms with Crippen LogP contribution in [0.5, 0.6) is 0 Å². The number of aromatic nitrogens is 2. The molecule has 1 amide bonds. The average Bonchev–Trinajstić information content (AvgIpc) is 2.51. The van der Waals surface area contributed by atoms with Crippen LogP contribution in [-0.2, 0) is 7.05 Å². The van der Waals surface area contributed by atoms with E-state index in [1.165, 1.54) is 6.20 Å². The van der Waals surface area contributed by atoms with E-state index in [4.69, 9.17) is 5.11 Å². The van der Waals surface area contributed by atoms with Crippen LogP contribution in [0.3, 0.4) is 0 Å². The molecular formula is C8H13N3O2. The monoisotopic (exact) mass is 183 g/mol. The van der Waals surface area contributed by atoms with E-state index in [-0.39, 0.29) is 18.6 Å². The molecule has 1 aromatic heterocycles. The van der Waals surface area contributed by atoms with Crippen molar-refractivity contribution < 1.29 is 9.90 Å². The van der Waals surface area contributed by atoms with E-state index < -0.39 is 0 Å². The summed E-state index contributed by atoms with van der Waals surface area (Å²) in [6.45, 7) is 1.67. The predicted octanol–water partition coefficient (Wildman–Crippen LogP) is -0.469. The highest BCUT2D eigenvalue weighted by molar-refractivity contribution is 5.93. The van der Waals surface area contributed by atoms with Crippen molar-refractivity contribution in [3.05, 3.63) is 18.0 Å². The van der Waals surface area contributed by atoms with Crippen molar-refractivity contribution in [1.82, 2.24) is 15.1 Å². The Bertz CT molecular complexity index is 295. The van der Waals surface area contributed by atoms with Gasteiger partial charge in [-0.1, -0.05) is 0 Å². The molecule has 2 N–H and O–H groups in total. The highest BCUT2D eigenvalue weighted by atomic mass is 16.3. The first-order chi connectivity index (χ1) is 6.13. The summed E-state index contributed by atoms with van der Waals surface area (Å²) in [7, 11) is 1.74. The Balaban J connectivity index is 2.58. The minimum absolute atomic E-state index is 0.0635. The quantitative estimate of drug-likeness (QED) is 0.665. The van der Waals surface area contributed by atoms with Crippen LogP contribution >= 0.6 is 0 Å². The lowest BCUT2D eigenvalue weighted by Crippen LogP contribution is -2.34. The Morgan fingerprint density at radius 2 is 2.54 bits per heavy atom.